The number of nitrogens with one attached hydrogen (secondary N) is 1. The molecule has 0 aliphatic rings. The normalized spacial score (nSPS) is 12.0. The minimum atomic E-state index is -0.659. The first-order valence-electron chi connectivity index (χ1n) is 11.6. The van der Waals surface area contributed by atoms with Crippen LogP contribution in [-0.2, 0) is 10.2 Å². The molecule has 0 spiro atoms. The fraction of sp³-hybridized carbons (Fsp3) is 0.321. The Balaban J connectivity index is 1.58. The SMILES string of the molecule is CC(C)(C)CC(C)(C)c1ccc(OCC(=O)NN=Cc2cc(Br)cc(Br)c2OC(=O)c2ccco2)cc1. The smallest absolute Gasteiger partial charge is 0.379 e. The molecule has 0 aliphatic carbocycles. The Kier molecular flexibility index (Phi) is 9.36. The third-order valence-electron chi connectivity index (χ3n) is 5.33. The van der Waals surface area contributed by atoms with E-state index in [0.717, 1.165) is 10.9 Å². The van der Waals surface area contributed by atoms with Gasteiger partial charge in [-0.1, -0.05) is 62.7 Å². The molecule has 1 N–H and O–H groups in total. The Bertz CT molecular complexity index is 1260. The fourth-order valence-electron chi connectivity index (χ4n) is 4.11. The zero-order valence-corrected chi connectivity index (χ0v) is 24.6. The number of amides is 1. The molecule has 0 radical (unpaired) electrons. The van der Waals surface area contributed by atoms with E-state index in [1.165, 1.54) is 24.1 Å². The number of carbonyl (C=O) groups is 2. The second-order valence-corrected chi connectivity index (χ2v) is 12.2. The van der Waals surface area contributed by atoms with E-state index >= 15 is 0 Å². The number of hydrogen-bond donors (Lipinski definition) is 1. The monoisotopic (exact) mass is 632 g/mol. The molecule has 0 saturated carbocycles. The second kappa shape index (κ2) is 12.1. The van der Waals surface area contributed by atoms with Crippen molar-refractivity contribution in [3.05, 3.63) is 80.6 Å². The highest BCUT2D eigenvalue weighted by Gasteiger charge is 2.27. The number of esters is 1. The van der Waals surface area contributed by atoms with E-state index in [-0.39, 0.29) is 28.9 Å². The van der Waals surface area contributed by atoms with Crippen LogP contribution in [0.4, 0.5) is 0 Å². The summed E-state index contributed by atoms with van der Waals surface area (Å²) in [4.78, 5) is 24.6. The van der Waals surface area contributed by atoms with Gasteiger partial charge in [0.2, 0.25) is 5.76 Å². The number of halogens is 2. The van der Waals surface area contributed by atoms with Crippen molar-refractivity contribution in [3.8, 4) is 11.5 Å². The summed E-state index contributed by atoms with van der Waals surface area (Å²) >= 11 is 6.78. The van der Waals surface area contributed by atoms with E-state index in [4.69, 9.17) is 13.9 Å². The first-order valence-corrected chi connectivity index (χ1v) is 13.2. The molecule has 0 atom stereocenters. The second-order valence-electron chi connectivity index (χ2n) is 10.4. The lowest BCUT2D eigenvalue weighted by Crippen LogP contribution is -2.25. The topological polar surface area (TPSA) is 90.1 Å². The summed E-state index contributed by atoms with van der Waals surface area (Å²) < 4.78 is 17.4. The van der Waals surface area contributed by atoms with Gasteiger partial charge in [-0.05, 0) is 75.1 Å². The lowest BCUT2D eigenvalue weighted by atomic mass is 9.72. The number of carbonyl (C=O) groups excluding carboxylic acids is 2. The molecule has 1 heterocycles. The Labute approximate surface area is 233 Å². The van der Waals surface area contributed by atoms with E-state index in [2.05, 4.69) is 77.0 Å². The maximum atomic E-state index is 12.3. The van der Waals surface area contributed by atoms with Gasteiger partial charge >= 0.3 is 5.97 Å². The number of hydrazone groups is 1. The van der Waals surface area contributed by atoms with Crippen LogP contribution in [0.25, 0.3) is 0 Å². The fourth-order valence-corrected chi connectivity index (χ4v) is 5.45. The van der Waals surface area contributed by atoms with Crippen molar-refractivity contribution in [2.24, 2.45) is 10.5 Å². The van der Waals surface area contributed by atoms with Gasteiger partial charge in [0.25, 0.3) is 5.91 Å². The van der Waals surface area contributed by atoms with E-state index in [9.17, 15) is 9.59 Å². The van der Waals surface area contributed by atoms with Crippen LogP contribution in [0.15, 0.2) is 73.3 Å². The number of nitrogens with zero attached hydrogens (tertiary/aromatic N) is 1. The van der Waals surface area contributed by atoms with Crippen LogP contribution >= 0.6 is 31.9 Å². The molecule has 0 saturated heterocycles. The summed E-state index contributed by atoms with van der Waals surface area (Å²) in [5, 5.41) is 3.99. The average Bonchev–Trinajstić information content (AvgIpc) is 3.34. The molecular weight excluding hydrogens is 604 g/mol. The average molecular weight is 634 g/mol. The molecule has 1 aromatic heterocycles. The van der Waals surface area contributed by atoms with Gasteiger partial charge in [-0.25, -0.2) is 10.2 Å². The van der Waals surface area contributed by atoms with Crippen molar-refractivity contribution in [1.29, 1.82) is 0 Å². The standard InChI is InChI=1S/C28H30Br2N2O5/c1-27(2,3)17-28(4,5)19-8-10-21(11-9-19)36-16-24(33)32-31-15-18-13-20(29)14-22(30)25(18)37-26(34)23-7-6-12-35-23/h6-15H,16-17H2,1-5H3,(H,32,33). The van der Waals surface area contributed by atoms with Crippen LogP contribution < -0.4 is 14.9 Å². The number of hydrogen-bond acceptors (Lipinski definition) is 6. The highest BCUT2D eigenvalue weighted by atomic mass is 79.9. The lowest BCUT2D eigenvalue weighted by molar-refractivity contribution is -0.123. The van der Waals surface area contributed by atoms with E-state index in [1.54, 1.807) is 18.2 Å². The Morgan fingerprint density at radius 2 is 1.76 bits per heavy atom. The zero-order chi connectivity index (χ0) is 27.2. The molecule has 9 heteroatoms. The molecule has 37 heavy (non-hydrogen) atoms. The molecular formula is C28H30Br2N2O5. The first-order chi connectivity index (χ1) is 17.3. The molecule has 3 rings (SSSR count). The highest BCUT2D eigenvalue weighted by molar-refractivity contribution is 9.11. The van der Waals surface area contributed by atoms with Gasteiger partial charge in [0.1, 0.15) is 5.75 Å². The summed E-state index contributed by atoms with van der Waals surface area (Å²) in [6.07, 6.45) is 3.80. The predicted octanol–water partition coefficient (Wildman–Crippen LogP) is 7.27. The minimum Gasteiger partial charge on any atom is -0.484 e. The zero-order valence-electron chi connectivity index (χ0n) is 21.4. The summed E-state index contributed by atoms with van der Waals surface area (Å²) in [7, 11) is 0. The molecule has 0 unspecified atom stereocenters. The molecule has 0 aliphatic heterocycles. The highest BCUT2D eigenvalue weighted by Crippen LogP contribution is 2.36. The van der Waals surface area contributed by atoms with E-state index in [0.29, 0.717) is 15.8 Å². The molecule has 3 aromatic rings. The van der Waals surface area contributed by atoms with Crippen molar-refractivity contribution in [3.63, 3.8) is 0 Å². The number of rotatable bonds is 9. The Hall–Kier alpha value is -2.91. The summed E-state index contributed by atoms with van der Waals surface area (Å²) in [6, 6.07) is 14.3. The predicted molar refractivity (Wildman–Crippen MR) is 150 cm³/mol. The molecule has 0 fully saturated rings. The van der Waals surface area contributed by atoms with Crippen LogP contribution in [0.3, 0.4) is 0 Å². The molecule has 0 bridgehead atoms. The Morgan fingerprint density at radius 3 is 2.38 bits per heavy atom. The van der Waals surface area contributed by atoms with E-state index in [1.807, 2.05) is 24.3 Å². The van der Waals surface area contributed by atoms with Crippen LogP contribution in [0.1, 0.15) is 62.7 Å². The van der Waals surface area contributed by atoms with Crippen LogP contribution in [-0.4, -0.2) is 24.7 Å². The first kappa shape index (κ1) is 28.7. The van der Waals surface area contributed by atoms with Crippen molar-refractivity contribution < 1.29 is 23.5 Å². The lowest BCUT2D eigenvalue weighted by Gasteiger charge is -2.33. The van der Waals surface area contributed by atoms with Gasteiger partial charge < -0.3 is 13.9 Å². The molecule has 196 valence electrons. The Morgan fingerprint density at radius 1 is 1.05 bits per heavy atom. The largest absolute Gasteiger partial charge is 0.484 e. The van der Waals surface area contributed by atoms with Crippen LogP contribution in [0, 0.1) is 5.41 Å². The maximum Gasteiger partial charge on any atom is 0.379 e. The van der Waals surface area contributed by atoms with Gasteiger partial charge in [0.05, 0.1) is 17.0 Å². The number of ether oxygens (including phenoxy) is 2. The summed E-state index contributed by atoms with van der Waals surface area (Å²) in [5.74, 6) is -0.204. The summed E-state index contributed by atoms with van der Waals surface area (Å²) in [6.45, 7) is 11.0. The number of benzene rings is 2. The molecule has 2 aromatic carbocycles. The number of furan rings is 1. The molecule has 1 amide bonds. The van der Waals surface area contributed by atoms with E-state index < -0.39 is 11.9 Å². The van der Waals surface area contributed by atoms with Crippen LogP contribution in [0.2, 0.25) is 0 Å². The van der Waals surface area contributed by atoms with Crippen molar-refractivity contribution in [1.82, 2.24) is 5.43 Å². The summed E-state index contributed by atoms with van der Waals surface area (Å²) in [5.41, 5.74) is 4.33. The van der Waals surface area contributed by atoms with Gasteiger partial charge in [-0.3, -0.25) is 4.79 Å². The third kappa shape index (κ3) is 8.57. The van der Waals surface area contributed by atoms with Crippen molar-refractivity contribution in [2.75, 3.05) is 6.61 Å². The van der Waals surface area contributed by atoms with Gasteiger partial charge in [0.15, 0.2) is 12.4 Å². The quantitative estimate of drug-likeness (QED) is 0.116. The molecule has 7 nitrogen and oxygen atoms in total. The van der Waals surface area contributed by atoms with Crippen molar-refractivity contribution >= 4 is 50.0 Å². The van der Waals surface area contributed by atoms with Gasteiger partial charge in [0, 0.05) is 10.0 Å². The third-order valence-corrected chi connectivity index (χ3v) is 6.37. The van der Waals surface area contributed by atoms with Crippen LogP contribution in [0.5, 0.6) is 11.5 Å². The van der Waals surface area contributed by atoms with Crippen molar-refractivity contribution in [2.45, 2.75) is 46.5 Å². The van der Waals surface area contributed by atoms with Gasteiger partial charge in [-0.2, -0.15) is 5.10 Å². The minimum absolute atomic E-state index is 0.0232. The maximum absolute atomic E-state index is 12.3. The van der Waals surface area contributed by atoms with Gasteiger partial charge in [-0.15, -0.1) is 0 Å².